The zero-order chi connectivity index (χ0) is 24.4. The van der Waals surface area contributed by atoms with Crippen LogP contribution in [-0.4, -0.2) is 35.9 Å². The van der Waals surface area contributed by atoms with Crippen molar-refractivity contribution < 1.29 is 9.18 Å². The van der Waals surface area contributed by atoms with Gasteiger partial charge in [-0.2, -0.15) is 10.2 Å². The van der Waals surface area contributed by atoms with Gasteiger partial charge in [0.25, 0.3) is 5.91 Å². The van der Waals surface area contributed by atoms with E-state index in [0.717, 1.165) is 33.8 Å². The third kappa shape index (κ3) is 4.67. The number of aromatic nitrogens is 6. The minimum absolute atomic E-state index is 0.0782. The van der Waals surface area contributed by atoms with Gasteiger partial charge in [-0.3, -0.25) is 14.6 Å². The number of hydrogen-bond acceptors (Lipinski definition) is 5. The van der Waals surface area contributed by atoms with Crippen molar-refractivity contribution in [2.45, 2.75) is 20.4 Å². The summed E-state index contributed by atoms with van der Waals surface area (Å²) in [6, 6.07) is 11.9. The average Bonchev–Trinajstić information content (AvgIpc) is 3.59. The molecule has 1 amide bonds. The molecule has 35 heavy (non-hydrogen) atoms. The lowest BCUT2D eigenvalue weighted by atomic mass is 10.1. The maximum absolute atomic E-state index is 14.5. The number of imidazole rings is 1. The number of carbonyl (C=O) groups is 1. The van der Waals surface area contributed by atoms with Crippen LogP contribution >= 0.6 is 0 Å². The number of hydrogen-bond donors (Lipinski definition) is 4. The molecule has 3 aromatic heterocycles. The van der Waals surface area contributed by atoms with Crippen LogP contribution in [0, 0.1) is 12.7 Å². The van der Waals surface area contributed by atoms with Crippen molar-refractivity contribution in [3.8, 4) is 0 Å². The number of nitrogens with one attached hydrogen (secondary N) is 4. The van der Waals surface area contributed by atoms with E-state index in [4.69, 9.17) is 0 Å². The smallest absolute Gasteiger partial charge is 0.274 e. The van der Waals surface area contributed by atoms with Gasteiger partial charge in [-0.15, -0.1) is 0 Å². The highest BCUT2D eigenvalue weighted by molar-refractivity contribution is 6.03. The van der Waals surface area contributed by atoms with Crippen molar-refractivity contribution >= 4 is 46.0 Å². The standard InChI is InChI=1S/C25H23FN8O/c1-3-34-23(12-15(2)33-34)25(35)30-22-14-17(5-7-19(22)26)29-16-4-6-18-20(31-32-21(18)13-16)8-9-24-27-10-11-28-24/h4-14,29H,3H2,1-2H3,(H,27,28)(H,30,35)(H,31,32)/b9-8+. The molecular formula is C25H23FN8O. The summed E-state index contributed by atoms with van der Waals surface area (Å²) >= 11 is 0. The molecule has 5 rings (SSSR count). The van der Waals surface area contributed by atoms with Gasteiger partial charge in [0.2, 0.25) is 0 Å². The first-order chi connectivity index (χ1) is 17.0. The Labute approximate surface area is 200 Å². The maximum Gasteiger partial charge on any atom is 0.274 e. The predicted molar refractivity (Wildman–Crippen MR) is 134 cm³/mol. The van der Waals surface area contributed by atoms with E-state index >= 15 is 0 Å². The SMILES string of the molecule is CCn1nc(C)cc1C(=O)Nc1cc(Nc2ccc3c(/C=C/c4ncc[nH]4)n[nH]c3c2)ccc1F. The van der Waals surface area contributed by atoms with E-state index < -0.39 is 11.7 Å². The van der Waals surface area contributed by atoms with Crippen LogP contribution in [0.15, 0.2) is 54.9 Å². The van der Waals surface area contributed by atoms with E-state index in [2.05, 4.69) is 35.9 Å². The summed E-state index contributed by atoms with van der Waals surface area (Å²) in [6.45, 7) is 4.24. The van der Waals surface area contributed by atoms with E-state index in [-0.39, 0.29) is 5.69 Å². The molecule has 0 saturated heterocycles. The second kappa shape index (κ2) is 9.26. The largest absolute Gasteiger partial charge is 0.355 e. The van der Waals surface area contributed by atoms with Crippen LogP contribution in [0.5, 0.6) is 0 Å². The molecule has 176 valence electrons. The molecule has 10 heteroatoms. The molecule has 0 aliphatic rings. The number of fused-ring (bicyclic) bond motifs is 1. The van der Waals surface area contributed by atoms with Crippen LogP contribution in [-0.2, 0) is 6.54 Å². The number of amides is 1. The summed E-state index contributed by atoms with van der Waals surface area (Å²) < 4.78 is 16.1. The third-order valence-corrected chi connectivity index (χ3v) is 5.45. The van der Waals surface area contributed by atoms with Gasteiger partial charge < -0.3 is 15.6 Å². The van der Waals surface area contributed by atoms with Crippen LogP contribution in [0.1, 0.15) is 34.6 Å². The summed E-state index contributed by atoms with van der Waals surface area (Å²) in [5.74, 6) is -0.203. The van der Waals surface area contributed by atoms with E-state index in [9.17, 15) is 9.18 Å². The lowest BCUT2D eigenvalue weighted by Crippen LogP contribution is -2.18. The normalized spacial score (nSPS) is 11.4. The fourth-order valence-corrected chi connectivity index (χ4v) is 3.79. The fourth-order valence-electron chi connectivity index (χ4n) is 3.79. The van der Waals surface area contributed by atoms with Crippen LogP contribution in [0.4, 0.5) is 21.5 Å². The quantitative estimate of drug-likeness (QED) is 0.264. The van der Waals surface area contributed by atoms with Gasteiger partial charge in [0, 0.05) is 35.7 Å². The molecule has 9 nitrogen and oxygen atoms in total. The Bertz CT molecular complexity index is 1530. The molecule has 3 heterocycles. The number of anilines is 3. The van der Waals surface area contributed by atoms with Gasteiger partial charge in [0.05, 0.1) is 22.6 Å². The summed E-state index contributed by atoms with van der Waals surface area (Å²) in [6.07, 6.45) is 7.18. The number of aromatic amines is 2. The van der Waals surface area contributed by atoms with E-state index in [1.165, 1.54) is 6.07 Å². The van der Waals surface area contributed by atoms with Crippen molar-refractivity contribution in [1.29, 1.82) is 0 Å². The first kappa shape index (κ1) is 22.1. The fraction of sp³-hybridized carbons (Fsp3) is 0.120. The maximum atomic E-state index is 14.5. The number of carbonyl (C=O) groups excluding carboxylic acids is 1. The number of benzene rings is 2. The lowest BCUT2D eigenvalue weighted by molar-refractivity contribution is 0.101. The van der Waals surface area contributed by atoms with E-state index in [1.807, 2.05) is 44.2 Å². The van der Waals surface area contributed by atoms with Crippen LogP contribution in [0.3, 0.4) is 0 Å². The van der Waals surface area contributed by atoms with Crippen LogP contribution in [0.25, 0.3) is 23.1 Å². The molecule has 0 unspecified atom stereocenters. The van der Waals surface area contributed by atoms with Gasteiger partial charge in [0.15, 0.2) is 0 Å². The Kier molecular flexibility index (Phi) is 5.84. The highest BCUT2D eigenvalue weighted by atomic mass is 19.1. The monoisotopic (exact) mass is 470 g/mol. The predicted octanol–water partition coefficient (Wildman–Crippen LogP) is 5.12. The topological polar surface area (TPSA) is 116 Å². The lowest BCUT2D eigenvalue weighted by Gasteiger charge is -2.11. The second-order valence-electron chi connectivity index (χ2n) is 7.94. The summed E-state index contributed by atoms with van der Waals surface area (Å²) in [4.78, 5) is 19.9. The van der Waals surface area contributed by atoms with Crippen molar-refractivity contribution in [3.05, 3.63) is 83.6 Å². The van der Waals surface area contributed by atoms with Gasteiger partial charge >= 0.3 is 0 Å². The number of nitrogens with zero attached hydrogens (tertiary/aromatic N) is 4. The van der Waals surface area contributed by atoms with Crippen molar-refractivity contribution in [3.63, 3.8) is 0 Å². The summed E-state index contributed by atoms with van der Waals surface area (Å²) in [7, 11) is 0. The molecule has 0 aliphatic carbocycles. The molecular weight excluding hydrogens is 447 g/mol. The molecule has 0 saturated carbocycles. The summed E-state index contributed by atoms with van der Waals surface area (Å²) in [5.41, 5.74) is 4.22. The number of rotatable bonds is 7. The highest BCUT2D eigenvalue weighted by Crippen LogP contribution is 2.27. The second-order valence-corrected chi connectivity index (χ2v) is 7.94. The molecule has 0 bridgehead atoms. The van der Waals surface area contributed by atoms with Crippen molar-refractivity contribution in [2.75, 3.05) is 10.6 Å². The Morgan fingerprint density at radius 1 is 1.14 bits per heavy atom. The molecule has 0 radical (unpaired) electrons. The molecule has 0 fully saturated rings. The zero-order valence-corrected chi connectivity index (χ0v) is 19.1. The van der Waals surface area contributed by atoms with Gasteiger partial charge in [-0.1, -0.05) is 0 Å². The van der Waals surface area contributed by atoms with E-state index in [1.54, 1.807) is 35.3 Å². The molecule has 0 aliphatic heterocycles. The minimum atomic E-state index is -0.528. The van der Waals surface area contributed by atoms with Crippen LogP contribution in [0.2, 0.25) is 0 Å². The number of aryl methyl sites for hydroxylation is 2. The summed E-state index contributed by atoms with van der Waals surface area (Å²) in [5, 5.41) is 18.5. The Morgan fingerprint density at radius 3 is 2.77 bits per heavy atom. The minimum Gasteiger partial charge on any atom is -0.355 e. The van der Waals surface area contributed by atoms with Crippen molar-refractivity contribution in [1.82, 2.24) is 29.9 Å². The first-order valence-corrected chi connectivity index (χ1v) is 11.1. The molecule has 0 spiro atoms. The zero-order valence-electron chi connectivity index (χ0n) is 19.1. The third-order valence-electron chi connectivity index (χ3n) is 5.45. The number of halogens is 1. The molecule has 5 aromatic rings. The van der Waals surface area contributed by atoms with Crippen LogP contribution < -0.4 is 10.6 Å². The van der Waals surface area contributed by atoms with Gasteiger partial charge in [-0.25, -0.2) is 9.37 Å². The van der Waals surface area contributed by atoms with E-state index in [0.29, 0.717) is 17.9 Å². The molecule has 4 N–H and O–H groups in total. The molecule has 0 atom stereocenters. The van der Waals surface area contributed by atoms with Gasteiger partial charge in [0.1, 0.15) is 17.3 Å². The molecule has 2 aromatic carbocycles. The van der Waals surface area contributed by atoms with Gasteiger partial charge in [-0.05, 0) is 68.5 Å². The number of H-pyrrole nitrogens is 2. The first-order valence-electron chi connectivity index (χ1n) is 11.1. The average molecular weight is 471 g/mol. The highest BCUT2D eigenvalue weighted by Gasteiger charge is 2.15. The Balaban J connectivity index is 1.34. The van der Waals surface area contributed by atoms with Crippen molar-refractivity contribution in [2.24, 2.45) is 0 Å². The Morgan fingerprint density at radius 2 is 1.97 bits per heavy atom. The Hall–Kier alpha value is -4.73.